The van der Waals surface area contributed by atoms with Crippen LogP contribution in [0.2, 0.25) is 0 Å². The standard InChI is InChI=1S/C22H24N2O4/c1-4-13-28-19-11-7-16(14-20(19)27-3)8-12-21(25)24-18-9-5-17(6-10-18)15-22(26)23-2/h4-12,14H,1,13,15H2,2-3H3,(H,23,26)(H,24,25)/b12-8+. The summed E-state index contributed by atoms with van der Waals surface area (Å²) in [5, 5.41) is 5.36. The molecule has 2 amide bonds. The van der Waals surface area contributed by atoms with Crippen LogP contribution in [0.15, 0.2) is 61.2 Å². The summed E-state index contributed by atoms with van der Waals surface area (Å²) in [5.74, 6) is 0.873. The zero-order valence-electron chi connectivity index (χ0n) is 16.0. The lowest BCUT2D eigenvalue weighted by molar-refractivity contribution is -0.120. The van der Waals surface area contributed by atoms with Gasteiger partial charge in [-0.15, -0.1) is 0 Å². The molecule has 2 aromatic carbocycles. The molecule has 0 radical (unpaired) electrons. The van der Waals surface area contributed by atoms with Gasteiger partial charge in [0.1, 0.15) is 6.61 Å². The monoisotopic (exact) mass is 380 g/mol. The molecule has 0 saturated heterocycles. The maximum atomic E-state index is 12.1. The molecule has 6 heteroatoms. The lowest BCUT2D eigenvalue weighted by Crippen LogP contribution is -2.19. The number of amides is 2. The Bertz CT molecular complexity index is 857. The number of hydrogen-bond acceptors (Lipinski definition) is 4. The van der Waals surface area contributed by atoms with E-state index in [0.29, 0.717) is 30.2 Å². The van der Waals surface area contributed by atoms with Crippen molar-refractivity contribution in [1.82, 2.24) is 5.32 Å². The third-order valence-corrected chi connectivity index (χ3v) is 3.84. The molecule has 2 aromatic rings. The first kappa shape index (κ1) is 20.8. The van der Waals surface area contributed by atoms with Crippen LogP contribution in [0.1, 0.15) is 11.1 Å². The minimum Gasteiger partial charge on any atom is -0.493 e. The van der Waals surface area contributed by atoms with Crippen molar-refractivity contribution in [3.05, 3.63) is 72.3 Å². The largest absolute Gasteiger partial charge is 0.493 e. The first-order chi connectivity index (χ1) is 13.5. The number of anilines is 1. The molecule has 0 aromatic heterocycles. The summed E-state index contributed by atoms with van der Waals surface area (Å²) in [6.45, 7) is 4.00. The molecule has 0 spiro atoms. The molecule has 2 N–H and O–H groups in total. The van der Waals surface area contributed by atoms with Crippen molar-refractivity contribution in [1.29, 1.82) is 0 Å². The van der Waals surface area contributed by atoms with E-state index in [4.69, 9.17) is 9.47 Å². The molecule has 0 aliphatic heterocycles. The Balaban J connectivity index is 1.97. The van der Waals surface area contributed by atoms with Crippen LogP contribution in [-0.2, 0) is 16.0 Å². The lowest BCUT2D eigenvalue weighted by atomic mass is 10.1. The van der Waals surface area contributed by atoms with Gasteiger partial charge in [0.05, 0.1) is 13.5 Å². The Morgan fingerprint density at radius 3 is 2.50 bits per heavy atom. The normalized spacial score (nSPS) is 10.4. The third kappa shape index (κ3) is 6.32. The van der Waals surface area contributed by atoms with E-state index in [0.717, 1.165) is 11.1 Å². The van der Waals surface area contributed by atoms with Crippen LogP contribution >= 0.6 is 0 Å². The molecule has 0 bridgehead atoms. The van der Waals surface area contributed by atoms with Gasteiger partial charge in [0.25, 0.3) is 0 Å². The fourth-order valence-corrected chi connectivity index (χ4v) is 2.39. The van der Waals surface area contributed by atoms with E-state index in [1.165, 1.54) is 6.08 Å². The van der Waals surface area contributed by atoms with Gasteiger partial charge in [-0.2, -0.15) is 0 Å². The van der Waals surface area contributed by atoms with Gasteiger partial charge in [-0.3, -0.25) is 9.59 Å². The van der Waals surface area contributed by atoms with E-state index in [2.05, 4.69) is 17.2 Å². The first-order valence-electron chi connectivity index (χ1n) is 8.76. The number of carbonyl (C=O) groups excluding carboxylic acids is 2. The molecule has 0 saturated carbocycles. The smallest absolute Gasteiger partial charge is 0.248 e. The maximum absolute atomic E-state index is 12.1. The summed E-state index contributed by atoms with van der Waals surface area (Å²) >= 11 is 0. The Kier molecular flexibility index (Phi) is 7.84. The third-order valence-electron chi connectivity index (χ3n) is 3.84. The van der Waals surface area contributed by atoms with Crippen LogP contribution in [0.5, 0.6) is 11.5 Å². The van der Waals surface area contributed by atoms with Crippen molar-refractivity contribution in [2.24, 2.45) is 0 Å². The van der Waals surface area contributed by atoms with Crippen molar-refractivity contribution in [3.8, 4) is 11.5 Å². The second-order valence-electron chi connectivity index (χ2n) is 5.88. The zero-order chi connectivity index (χ0) is 20.4. The quantitative estimate of drug-likeness (QED) is 0.517. The van der Waals surface area contributed by atoms with Crippen LogP contribution in [-0.4, -0.2) is 32.6 Å². The van der Waals surface area contributed by atoms with Gasteiger partial charge in [-0.25, -0.2) is 0 Å². The number of ether oxygens (including phenoxy) is 2. The molecule has 0 aliphatic carbocycles. The van der Waals surface area contributed by atoms with E-state index >= 15 is 0 Å². The van der Waals surface area contributed by atoms with E-state index in [1.807, 2.05) is 6.07 Å². The van der Waals surface area contributed by atoms with Crippen LogP contribution in [0, 0.1) is 0 Å². The van der Waals surface area contributed by atoms with Crippen LogP contribution < -0.4 is 20.1 Å². The number of nitrogens with one attached hydrogen (secondary N) is 2. The summed E-state index contributed by atoms with van der Waals surface area (Å²) < 4.78 is 10.8. The van der Waals surface area contributed by atoms with Gasteiger partial charge in [-0.05, 0) is 41.5 Å². The molecular weight excluding hydrogens is 356 g/mol. The SMILES string of the molecule is C=CCOc1ccc(/C=C/C(=O)Nc2ccc(CC(=O)NC)cc2)cc1OC. The predicted octanol–water partition coefficient (Wildman–Crippen LogP) is 3.20. The minimum atomic E-state index is -0.259. The van der Waals surface area contributed by atoms with E-state index in [9.17, 15) is 9.59 Å². The molecular formula is C22H24N2O4. The maximum Gasteiger partial charge on any atom is 0.248 e. The number of likely N-dealkylation sites (N-methyl/N-ethyl adjacent to an activating group) is 1. The predicted molar refractivity (Wildman–Crippen MR) is 111 cm³/mol. The molecule has 0 aliphatic rings. The topological polar surface area (TPSA) is 76.7 Å². The highest BCUT2D eigenvalue weighted by atomic mass is 16.5. The summed E-state index contributed by atoms with van der Waals surface area (Å²) in [4.78, 5) is 23.5. The Labute approximate surface area is 164 Å². The number of rotatable bonds is 9. The molecule has 0 atom stereocenters. The van der Waals surface area contributed by atoms with Crippen LogP contribution in [0.4, 0.5) is 5.69 Å². The van der Waals surface area contributed by atoms with Crippen molar-refractivity contribution < 1.29 is 19.1 Å². The number of benzene rings is 2. The van der Waals surface area contributed by atoms with Gasteiger partial charge in [0.15, 0.2) is 11.5 Å². The van der Waals surface area contributed by atoms with Gasteiger partial charge in [0.2, 0.25) is 11.8 Å². The van der Waals surface area contributed by atoms with E-state index in [1.54, 1.807) is 62.7 Å². The first-order valence-corrected chi connectivity index (χ1v) is 8.76. The second kappa shape index (κ2) is 10.6. The zero-order valence-corrected chi connectivity index (χ0v) is 16.0. The number of methoxy groups -OCH3 is 1. The van der Waals surface area contributed by atoms with Crippen molar-refractivity contribution in [3.63, 3.8) is 0 Å². The average molecular weight is 380 g/mol. The van der Waals surface area contributed by atoms with Crippen molar-refractivity contribution >= 4 is 23.6 Å². The second-order valence-corrected chi connectivity index (χ2v) is 5.88. The summed E-state index contributed by atoms with van der Waals surface area (Å²) in [5.41, 5.74) is 2.33. The Morgan fingerprint density at radius 2 is 1.86 bits per heavy atom. The summed E-state index contributed by atoms with van der Waals surface area (Å²) in [6.07, 6.45) is 5.09. The minimum absolute atomic E-state index is 0.0592. The molecule has 6 nitrogen and oxygen atoms in total. The highest BCUT2D eigenvalue weighted by Gasteiger charge is 2.05. The Hall–Kier alpha value is -3.54. The summed E-state index contributed by atoms with van der Waals surface area (Å²) in [7, 11) is 3.16. The van der Waals surface area contributed by atoms with E-state index in [-0.39, 0.29) is 11.8 Å². The van der Waals surface area contributed by atoms with Gasteiger partial charge < -0.3 is 20.1 Å². The highest BCUT2D eigenvalue weighted by Crippen LogP contribution is 2.28. The van der Waals surface area contributed by atoms with Crippen molar-refractivity contribution in [2.75, 3.05) is 26.1 Å². The highest BCUT2D eigenvalue weighted by molar-refractivity contribution is 6.02. The lowest BCUT2D eigenvalue weighted by Gasteiger charge is -2.09. The fourth-order valence-electron chi connectivity index (χ4n) is 2.39. The van der Waals surface area contributed by atoms with Crippen molar-refractivity contribution in [2.45, 2.75) is 6.42 Å². The van der Waals surface area contributed by atoms with Gasteiger partial charge in [0, 0.05) is 18.8 Å². The van der Waals surface area contributed by atoms with Gasteiger partial charge in [-0.1, -0.05) is 30.9 Å². The van der Waals surface area contributed by atoms with Crippen LogP contribution in [0.25, 0.3) is 6.08 Å². The summed E-state index contributed by atoms with van der Waals surface area (Å²) in [6, 6.07) is 12.5. The van der Waals surface area contributed by atoms with Gasteiger partial charge >= 0.3 is 0 Å². The fraction of sp³-hybridized carbons (Fsp3) is 0.182. The average Bonchev–Trinajstić information content (AvgIpc) is 2.72. The molecule has 28 heavy (non-hydrogen) atoms. The van der Waals surface area contributed by atoms with Crippen LogP contribution in [0.3, 0.4) is 0 Å². The molecule has 146 valence electrons. The molecule has 0 unspecified atom stereocenters. The number of hydrogen-bond donors (Lipinski definition) is 2. The molecule has 2 rings (SSSR count). The van der Waals surface area contributed by atoms with E-state index < -0.39 is 0 Å². The molecule has 0 heterocycles. The Morgan fingerprint density at radius 1 is 1.11 bits per heavy atom. The number of carbonyl (C=O) groups is 2. The molecule has 0 fully saturated rings.